The molecule has 0 fully saturated rings. The van der Waals surface area contributed by atoms with Crippen LogP contribution in [0.1, 0.15) is 23.3 Å². The molecule has 144 valence electrons. The Morgan fingerprint density at radius 3 is 2.28 bits per heavy atom. The minimum Gasteiger partial charge on any atom is -0.292 e. The van der Waals surface area contributed by atoms with Crippen LogP contribution in [0.3, 0.4) is 0 Å². The van der Waals surface area contributed by atoms with Gasteiger partial charge in [0.05, 0.1) is 0 Å². The number of halogens is 1. The smallest absolute Gasteiger partial charge is 0.203 e. The average Bonchev–Trinajstić information content (AvgIpc) is 3.11. The first kappa shape index (κ1) is 19.5. The molecule has 0 aliphatic rings. The summed E-state index contributed by atoms with van der Waals surface area (Å²) < 4.78 is 4.96. The molecule has 1 heterocycles. The normalized spacial score (nSPS) is 11.9. The number of hydrogen-bond donors (Lipinski definition) is 0. The Hall–Kier alpha value is -2.83. The Morgan fingerprint density at radius 1 is 0.966 bits per heavy atom. The number of aromatic nitrogens is 3. The van der Waals surface area contributed by atoms with Gasteiger partial charge in [-0.05, 0) is 43.4 Å². The highest BCUT2D eigenvalue weighted by molar-refractivity contribution is 9.10. The van der Waals surface area contributed by atoms with Gasteiger partial charge in [-0.2, -0.15) is 5.10 Å². The van der Waals surface area contributed by atoms with Crippen LogP contribution in [0.2, 0.25) is 0 Å². The van der Waals surface area contributed by atoms with Gasteiger partial charge in [0.1, 0.15) is 6.04 Å². The fourth-order valence-electron chi connectivity index (χ4n) is 3.21. The number of rotatable bonds is 5. The molecule has 0 spiro atoms. The second-order valence-electron chi connectivity index (χ2n) is 6.64. The highest BCUT2D eigenvalue weighted by atomic mass is 79.9. The molecule has 0 N–H and O–H groups in total. The van der Waals surface area contributed by atoms with Crippen molar-refractivity contribution in [3.05, 3.63) is 99.7 Å². The maximum absolute atomic E-state index is 13.0. The molecular formula is C23H18BrN3OS. The third kappa shape index (κ3) is 3.86. The van der Waals surface area contributed by atoms with E-state index in [0.717, 1.165) is 15.7 Å². The van der Waals surface area contributed by atoms with Crippen molar-refractivity contribution >= 4 is 33.9 Å². The van der Waals surface area contributed by atoms with E-state index >= 15 is 0 Å². The topological polar surface area (TPSA) is 39.8 Å². The van der Waals surface area contributed by atoms with E-state index in [2.05, 4.69) is 15.9 Å². The number of nitrogens with zero attached hydrogens (tertiary/aromatic N) is 3. The summed E-state index contributed by atoms with van der Waals surface area (Å²) >= 11 is 9.30. The van der Waals surface area contributed by atoms with Crippen molar-refractivity contribution in [1.29, 1.82) is 0 Å². The molecule has 0 radical (unpaired) electrons. The lowest BCUT2D eigenvalue weighted by atomic mass is 10.1. The highest BCUT2D eigenvalue weighted by Crippen LogP contribution is 2.27. The molecule has 0 amide bonds. The summed E-state index contributed by atoms with van der Waals surface area (Å²) in [6, 6.07) is 26.4. The Balaban J connectivity index is 1.88. The van der Waals surface area contributed by atoms with Crippen LogP contribution in [0.25, 0.3) is 17.1 Å². The maximum atomic E-state index is 13.0. The molecule has 4 nitrogen and oxygen atoms in total. The van der Waals surface area contributed by atoms with E-state index in [1.165, 1.54) is 0 Å². The van der Waals surface area contributed by atoms with Crippen LogP contribution in [0.4, 0.5) is 0 Å². The number of carbonyl (C=O) groups is 1. The predicted octanol–water partition coefficient (Wildman–Crippen LogP) is 6.28. The Kier molecular flexibility index (Phi) is 5.56. The van der Waals surface area contributed by atoms with Gasteiger partial charge < -0.3 is 0 Å². The van der Waals surface area contributed by atoms with E-state index in [9.17, 15) is 4.79 Å². The van der Waals surface area contributed by atoms with Crippen LogP contribution in [0, 0.1) is 4.77 Å². The fourth-order valence-corrected chi connectivity index (χ4v) is 4.00. The van der Waals surface area contributed by atoms with E-state index in [0.29, 0.717) is 16.2 Å². The largest absolute Gasteiger partial charge is 0.292 e. The monoisotopic (exact) mass is 463 g/mol. The number of benzene rings is 3. The minimum absolute atomic E-state index is 0.0276. The average molecular weight is 464 g/mol. The van der Waals surface area contributed by atoms with Gasteiger partial charge in [-0.3, -0.25) is 9.36 Å². The summed E-state index contributed by atoms with van der Waals surface area (Å²) in [7, 11) is 0. The molecule has 1 aromatic heterocycles. The minimum atomic E-state index is -0.527. The third-order valence-corrected chi connectivity index (χ3v) is 5.57. The first-order valence-corrected chi connectivity index (χ1v) is 10.4. The number of hydrogen-bond acceptors (Lipinski definition) is 3. The standard InChI is InChI=1S/C23H18BrN3OS/c1-16(21(28)17-9-4-2-5-10-17)27-23(29)26(20-13-6-3-7-14-20)22(25-27)18-11-8-12-19(24)15-18/h2-16H,1H3/t16-/m1/s1. The molecule has 0 saturated carbocycles. The number of carbonyl (C=O) groups excluding carboxylic acids is 1. The van der Waals surface area contributed by atoms with Gasteiger partial charge in [0, 0.05) is 21.3 Å². The molecule has 0 aliphatic carbocycles. The van der Waals surface area contributed by atoms with E-state index in [1.54, 1.807) is 4.68 Å². The van der Waals surface area contributed by atoms with Crippen molar-refractivity contribution in [2.24, 2.45) is 0 Å². The fraction of sp³-hybridized carbons (Fsp3) is 0.0870. The molecule has 4 rings (SSSR count). The van der Waals surface area contributed by atoms with Crippen LogP contribution in [0.5, 0.6) is 0 Å². The van der Waals surface area contributed by atoms with Gasteiger partial charge in [-0.25, -0.2) is 4.68 Å². The van der Waals surface area contributed by atoms with Gasteiger partial charge in [-0.1, -0.05) is 76.6 Å². The van der Waals surface area contributed by atoms with Crippen molar-refractivity contribution in [3.8, 4) is 17.1 Å². The molecule has 0 unspecified atom stereocenters. The molecule has 29 heavy (non-hydrogen) atoms. The molecule has 1 atom stereocenters. The van der Waals surface area contributed by atoms with Crippen LogP contribution < -0.4 is 0 Å². The molecule has 0 saturated heterocycles. The predicted molar refractivity (Wildman–Crippen MR) is 121 cm³/mol. The summed E-state index contributed by atoms with van der Waals surface area (Å²) in [6.45, 7) is 1.83. The van der Waals surface area contributed by atoms with Crippen LogP contribution in [-0.4, -0.2) is 20.1 Å². The Bertz CT molecular complexity index is 1220. The quantitative estimate of drug-likeness (QED) is 0.258. The lowest BCUT2D eigenvalue weighted by Gasteiger charge is -2.10. The lowest BCUT2D eigenvalue weighted by molar-refractivity contribution is 0.0927. The van der Waals surface area contributed by atoms with E-state index in [-0.39, 0.29) is 5.78 Å². The SMILES string of the molecule is C[C@H](C(=O)c1ccccc1)n1nc(-c2cccc(Br)c2)n(-c2ccccc2)c1=S. The number of para-hydroxylation sites is 1. The van der Waals surface area contributed by atoms with E-state index in [1.807, 2.05) is 96.4 Å². The zero-order valence-corrected chi connectivity index (χ0v) is 18.1. The molecular weight excluding hydrogens is 446 g/mol. The van der Waals surface area contributed by atoms with Gasteiger partial charge in [0.15, 0.2) is 11.6 Å². The van der Waals surface area contributed by atoms with Crippen molar-refractivity contribution < 1.29 is 4.79 Å². The Morgan fingerprint density at radius 2 is 1.62 bits per heavy atom. The van der Waals surface area contributed by atoms with E-state index in [4.69, 9.17) is 17.3 Å². The van der Waals surface area contributed by atoms with Crippen LogP contribution >= 0.6 is 28.1 Å². The maximum Gasteiger partial charge on any atom is 0.203 e. The summed E-state index contributed by atoms with van der Waals surface area (Å²) in [6.07, 6.45) is 0. The van der Waals surface area contributed by atoms with Gasteiger partial charge in [-0.15, -0.1) is 0 Å². The molecule has 0 aliphatic heterocycles. The van der Waals surface area contributed by atoms with Gasteiger partial charge in [0.2, 0.25) is 4.77 Å². The van der Waals surface area contributed by atoms with E-state index < -0.39 is 6.04 Å². The molecule has 0 bridgehead atoms. The second kappa shape index (κ2) is 8.27. The third-order valence-electron chi connectivity index (χ3n) is 4.70. The number of Topliss-reactive ketones (excluding diaryl/α,β-unsaturated/α-hetero) is 1. The molecule has 6 heteroatoms. The lowest BCUT2D eigenvalue weighted by Crippen LogP contribution is -2.18. The zero-order chi connectivity index (χ0) is 20.4. The van der Waals surface area contributed by atoms with Crippen molar-refractivity contribution in [1.82, 2.24) is 14.3 Å². The second-order valence-corrected chi connectivity index (χ2v) is 7.92. The summed E-state index contributed by atoms with van der Waals surface area (Å²) in [5, 5.41) is 4.78. The molecule has 3 aromatic carbocycles. The van der Waals surface area contributed by atoms with Crippen molar-refractivity contribution in [2.75, 3.05) is 0 Å². The zero-order valence-electron chi connectivity index (χ0n) is 15.7. The van der Waals surface area contributed by atoms with Gasteiger partial charge >= 0.3 is 0 Å². The first-order valence-electron chi connectivity index (χ1n) is 9.18. The highest BCUT2D eigenvalue weighted by Gasteiger charge is 2.23. The van der Waals surface area contributed by atoms with Gasteiger partial charge in [0.25, 0.3) is 0 Å². The number of ketones is 1. The Labute approximate surface area is 182 Å². The van der Waals surface area contributed by atoms with Crippen LogP contribution in [-0.2, 0) is 0 Å². The van der Waals surface area contributed by atoms with Crippen LogP contribution in [0.15, 0.2) is 89.4 Å². The summed E-state index contributed by atoms with van der Waals surface area (Å²) in [5.74, 6) is 0.662. The summed E-state index contributed by atoms with van der Waals surface area (Å²) in [4.78, 5) is 13.0. The first-order chi connectivity index (χ1) is 14.1. The van der Waals surface area contributed by atoms with Crippen molar-refractivity contribution in [2.45, 2.75) is 13.0 Å². The van der Waals surface area contributed by atoms with Crippen molar-refractivity contribution in [3.63, 3.8) is 0 Å². The molecule has 4 aromatic rings. The summed E-state index contributed by atoms with van der Waals surface area (Å²) in [5.41, 5.74) is 2.45.